The first-order valence-corrected chi connectivity index (χ1v) is 4.81. The van der Waals surface area contributed by atoms with Gasteiger partial charge in [-0.3, -0.25) is 4.68 Å². The van der Waals surface area contributed by atoms with Gasteiger partial charge in [-0.15, -0.1) is 11.6 Å². The summed E-state index contributed by atoms with van der Waals surface area (Å²) in [6.45, 7) is 0. The fraction of sp³-hybridized carbons (Fsp3) is 0.667. The predicted octanol–water partition coefficient (Wildman–Crippen LogP) is 1.98. The lowest BCUT2D eigenvalue weighted by molar-refractivity contribution is 0.577. The SMILES string of the molecule is Cn1cc(CC2(CCl)CC2)cn1. The third kappa shape index (κ3) is 1.48. The molecule has 12 heavy (non-hydrogen) atoms. The highest BCUT2D eigenvalue weighted by Crippen LogP contribution is 2.49. The maximum atomic E-state index is 5.89. The van der Waals surface area contributed by atoms with E-state index in [0.717, 1.165) is 12.3 Å². The lowest BCUT2D eigenvalue weighted by atomic mass is 10.0. The van der Waals surface area contributed by atoms with Crippen LogP contribution in [0.5, 0.6) is 0 Å². The molecule has 1 fully saturated rings. The average Bonchev–Trinajstić information content (AvgIpc) is 2.71. The van der Waals surface area contributed by atoms with Gasteiger partial charge in [0.25, 0.3) is 0 Å². The maximum absolute atomic E-state index is 5.89. The molecule has 0 atom stereocenters. The molecule has 0 bridgehead atoms. The van der Waals surface area contributed by atoms with Gasteiger partial charge in [-0.25, -0.2) is 0 Å². The molecule has 3 heteroatoms. The molecule has 0 N–H and O–H groups in total. The molecule has 1 heterocycles. The van der Waals surface area contributed by atoms with Crippen LogP contribution in [0.3, 0.4) is 0 Å². The minimum Gasteiger partial charge on any atom is -0.276 e. The van der Waals surface area contributed by atoms with Gasteiger partial charge in [0.15, 0.2) is 0 Å². The molecule has 0 spiro atoms. The average molecular weight is 185 g/mol. The Hall–Kier alpha value is -0.500. The molecule has 66 valence electrons. The molecule has 1 aliphatic rings. The quantitative estimate of drug-likeness (QED) is 0.657. The van der Waals surface area contributed by atoms with Gasteiger partial charge in [-0.05, 0) is 30.2 Å². The predicted molar refractivity (Wildman–Crippen MR) is 49.3 cm³/mol. The number of aryl methyl sites for hydroxylation is 1. The molecule has 1 aromatic rings. The molecule has 0 radical (unpaired) electrons. The van der Waals surface area contributed by atoms with Crippen molar-refractivity contribution in [3.8, 4) is 0 Å². The van der Waals surface area contributed by atoms with E-state index < -0.39 is 0 Å². The van der Waals surface area contributed by atoms with Crippen molar-refractivity contribution >= 4 is 11.6 Å². The standard InChI is InChI=1S/C9H13ClN2/c1-12-6-8(5-11-12)4-9(7-10)2-3-9/h5-6H,2-4,7H2,1H3. The van der Waals surface area contributed by atoms with Crippen LogP contribution in [0.15, 0.2) is 12.4 Å². The van der Waals surface area contributed by atoms with E-state index >= 15 is 0 Å². The number of rotatable bonds is 3. The largest absolute Gasteiger partial charge is 0.276 e. The third-order valence-corrected chi connectivity index (χ3v) is 3.15. The summed E-state index contributed by atoms with van der Waals surface area (Å²) in [5.41, 5.74) is 1.74. The number of hydrogen-bond acceptors (Lipinski definition) is 1. The smallest absolute Gasteiger partial charge is 0.0521 e. The van der Waals surface area contributed by atoms with Gasteiger partial charge in [-0.1, -0.05) is 0 Å². The number of hydrogen-bond donors (Lipinski definition) is 0. The minimum atomic E-state index is 0.421. The lowest BCUT2D eigenvalue weighted by Gasteiger charge is -2.07. The van der Waals surface area contributed by atoms with E-state index in [2.05, 4.69) is 11.3 Å². The highest BCUT2D eigenvalue weighted by Gasteiger charge is 2.41. The second-order valence-corrected chi connectivity index (χ2v) is 4.10. The van der Waals surface area contributed by atoms with Crippen LogP contribution < -0.4 is 0 Å². The monoisotopic (exact) mass is 184 g/mol. The van der Waals surface area contributed by atoms with Crippen LogP contribution in [0.25, 0.3) is 0 Å². The summed E-state index contributed by atoms with van der Waals surface area (Å²) in [5, 5.41) is 4.14. The molecule has 2 rings (SSSR count). The molecular formula is C9H13ClN2. The zero-order valence-electron chi connectivity index (χ0n) is 7.26. The van der Waals surface area contributed by atoms with Crippen molar-refractivity contribution in [2.24, 2.45) is 12.5 Å². The number of nitrogens with zero attached hydrogens (tertiary/aromatic N) is 2. The number of aromatic nitrogens is 2. The van der Waals surface area contributed by atoms with Crippen molar-refractivity contribution in [3.63, 3.8) is 0 Å². The normalized spacial score (nSPS) is 19.5. The Morgan fingerprint density at radius 1 is 1.67 bits per heavy atom. The summed E-state index contributed by atoms with van der Waals surface area (Å²) < 4.78 is 1.85. The van der Waals surface area contributed by atoms with Gasteiger partial charge in [0.2, 0.25) is 0 Å². The first-order chi connectivity index (χ1) is 5.74. The minimum absolute atomic E-state index is 0.421. The first kappa shape index (κ1) is 8.11. The van der Waals surface area contributed by atoms with Gasteiger partial charge < -0.3 is 0 Å². The van der Waals surface area contributed by atoms with Crippen molar-refractivity contribution in [2.45, 2.75) is 19.3 Å². The molecule has 2 nitrogen and oxygen atoms in total. The van der Waals surface area contributed by atoms with E-state index in [1.54, 1.807) is 0 Å². The summed E-state index contributed by atoms with van der Waals surface area (Å²) in [7, 11) is 1.95. The Bertz CT molecular complexity index is 276. The van der Waals surface area contributed by atoms with Gasteiger partial charge in [-0.2, -0.15) is 5.10 Å². The molecule has 0 saturated heterocycles. The van der Waals surface area contributed by atoms with Crippen LogP contribution >= 0.6 is 11.6 Å². The van der Waals surface area contributed by atoms with Crippen LogP contribution in [-0.4, -0.2) is 15.7 Å². The highest BCUT2D eigenvalue weighted by molar-refractivity contribution is 6.18. The van der Waals surface area contributed by atoms with Gasteiger partial charge >= 0.3 is 0 Å². The number of alkyl halides is 1. The van der Waals surface area contributed by atoms with Gasteiger partial charge in [0, 0.05) is 19.1 Å². The molecule has 0 amide bonds. The first-order valence-electron chi connectivity index (χ1n) is 4.28. The topological polar surface area (TPSA) is 17.8 Å². The van der Waals surface area contributed by atoms with Crippen LogP contribution in [0.1, 0.15) is 18.4 Å². The second-order valence-electron chi connectivity index (χ2n) is 3.83. The molecule has 1 aromatic heterocycles. The lowest BCUT2D eigenvalue weighted by Crippen LogP contribution is -2.05. The molecular weight excluding hydrogens is 172 g/mol. The zero-order valence-corrected chi connectivity index (χ0v) is 8.01. The molecule has 1 aliphatic carbocycles. The Morgan fingerprint density at radius 3 is 2.83 bits per heavy atom. The number of halogens is 1. The Kier molecular flexibility index (Phi) is 1.87. The summed E-state index contributed by atoms with van der Waals surface area (Å²) in [6, 6.07) is 0. The fourth-order valence-corrected chi connectivity index (χ4v) is 1.89. The maximum Gasteiger partial charge on any atom is 0.0521 e. The van der Waals surface area contributed by atoms with Crippen molar-refractivity contribution in [3.05, 3.63) is 18.0 Å². The molecule has 0 aromatic carbocycles. The van der Waals surface area contributed by atoms with E-state index in [0.29, 0.717) is 5.41 Å². The van der Waals surface area contributed by atoms with E-state index in [9.17, 15) is 0 Å². The zero-order chi connectivity index (χ0) is 8.60. The van der Waals surface area contributed by atoms with E-state index in [1.807, 2.05) is 17.9 Å². The van der Waals surface area contributed by atoms with Crippen LogP contribution in [0.4, 0.5) is 0 Å². The second kappa shape index (κ2) is 2.77. The van der Waals surface area contributed by atoms with Crippen LogP contribution in [-0.2, 0) is 13.5 Å². The summed E-state index contributed by atoms with van der Waals surface area (Å²) >= 11 is 5.89. The summed E-state index contributed by atoms with van der Waals surface area (Å²) in [5.74, 6) is 0.794. The Morgan fingerprint density at radius 2 is 2.42 bits per heavy atom. The van der Waals surface area contributed by atoms with Crippen molar-refractivity contribution in [1.82, 2.24) is 9.78 Å². The molecule has 0 aliphatic heterocycles. The van der Waals surface area contributed by atoms with Crippen LogP contribution in [0, 0.1) is 5.41 Å². The Balaban J connectivity index is 2.04. The van der Waals surface area contributed by atoms with Crippen molar-refractivity contribution in [2.75, 3.05) is 5.88 Å². The molecule has 1 saturated carbocycles. The third-order valence-electron chi connectivity index (χ3n) is 2.58. The van der Waals surface area contributed by atoms with E-state index in [4.69, 9.17) is 11.6 Å². The fourth-order valence-electron chi connectivity index (χ4n) is 1.53. The summed E-state index contributed by atoms with van der Waals surface area (Å²) in [6.07, 6.45) is 7.68. The Labute approximate surface area is 77.5 Å². The molecule has 0 unspecified atom stereocenters. The van der Waals surface area contributed by atoms with Crippen molar-refractivity contribution < 1.29 is 0 Å². The highest BCUT2D eigenvalue weighted by atomic mass is 35.5. The summed E-state index contributed by atoms with van der Waals surface area (Å²) in [4.78, 5) is 0. The van der Waals surface area contributed by atoms with Gasteiger partial charge in [0.1, 0.15) is 0 Å². The van der Waals surface area contributed by atoms with Crippen molar-refractivity contribution in [1.29, 1.82) is 0 Å². The van der Waals surface area contributed by atoms with E-state index in [-0.39, 0.29) is 0 Å². The van der Waals surface area contributed by atoms with Gasteiger partial charge in [0.05, 0.1) is 6.20 Å². The van der Waals surface area contributed by atoms with E-state index in [1.165, 1.54) is 18.4 Å². The van der Waals surface area contributed by atoms with Crippen LogP contribution in [0.2, 0.25) is 0 Å².